The third kappa shape index (κ3) is 5.58. The van der Waals surface area contributed by atoms with Gasteiger partial charge in [-0.05, 0) is 19.9 Å². The SMILES string of the molecule is CN(CC(=O)NCC(C)(C)N)S(=O)(=O)c1cccc([N+](=O)[O-])c1. The number of nitro benzene ring substituents is 1. The van der Waals surface area contributed by atoms with Crippen LogP contribution in [0.4, 0.5) is 5.69 Å². The molecule has 128 valence electrons. The minimum Gasteiger partial charge on any atom is -0.353 e. The molecule has 0 aromatic heterocycles. The van der Waals surface area contributed by atoms with Crippen molar-refractivity contribution in [2.75, 3.05) is 20.1 Å². The molecule has 0 aliphatic heterocycles. The minimum absolute atomic E-state index is 0.191. The summed E-state index contributed by atoms with van der Waals surface area (Å²) in [6.07, 6.45) is 0. The molecule has 0 aliphatic carbocycles. The zero-order valence-electron chi connectivity index (χ0n) is 13.1. The van der Waals surface area contributed by atoms with Crippen LogP contribution in [0.1, 0.15) is 13.8 Å². The normalized spacial score (nSPS) is 12.2. The van der Waals surface area contributed by atoms with Gasteiger partial charge in [-0.25, -0.2) is 8.42 Å². The first-order valence-corrected chi connectivity index (χ1v) is 8.14. The number of amides is 1. The monoisotopic (exact) mass is 344 g/mol. The van der Waals surface area contributed by atoms with Crippen LogP contribution in [-0.4, -0.2) is 49.2 Å². The molecule has 0 radical (unpaired) electrons. The summed E-state index contributed by atoms with van der Waals surface area (Å²) in [6, 6.07) is 4.65. The molecule has 23 heavy (non-hydrogen) atoms. The van der Waals surface area contributed by atoms with Gasteiger partial charge >= 0.3 is 0 Å². The van der Waals surface area contributed by atoms with Crippen molar-refractivity contribution >= 4 is 21.6 Å². The van der Waals surface area contributed by atoms with E-state index in [1.807, 2.05) is 0 Å². The van der Waals surface area contributed by atoms with Crippen LogP contribution in [0.3, 0.4) is 0 Å². The van der Waals surface area contributed by atoms with Gasteiger partial charge < -0.3 is 11.1 Å². The lowest BCUT2D eigenvalue weighted by Crippen LogP contribution is -2.47. The summed E-state index contributed by atoms with van der Waals surface area (Å²) >= 11 is 0. The van der Waals surface area contributed by atoms with E-state index in [-0.39, 0.29) is 17.1 Å². The van der Waals surface area contributed by atoms with Gasteiger partial charge in [-0.2, -0.15) is 4.31 Å². The van der Waals surface area contributed by atoms with Crippen LogP contribution in [-0.2, 0) is 14.8 Å². The van der Waals surface area contributed by atoms with Crippen LogP contribution in [0.25, 0.3) is 0 Å². The number of nitrogens with one attached hydrogen (secondary N) is 1. The van der Waals surface area contributed by atoms with Gasteiger partial charge in [0, 0.05) is 31.3 Å². The molecule has 0 bridgehead atoms. The Kier molecular flexibility index (Phi) is 5.81. The summed E-state index contributed by atoms with van der Waals surface area (Å²) in [5.41, 5.74) is 4.77. The van der Waals surface area contributed by atoms with Gasteiger partial charge in [-0.15, -0.1) is 0 Å². The Labute approximate surface area is 134 Å². The highest BCUT2D eigenvalue weighted by Gasteiger charge is 2.25. The highest BCUT2D eigenvalue weighted by Crippen LogP contribution is 2.19. The molecule has 0 atom stereocenters. The zero-order valence-corrected chi connectivity index (χ0v) is 14.0. The lowest BCUT2D eigenvalue weighted by molar-refractivity contribution is -0.385. The number of nitrogens with two attached hydrogens (primary N) is 1. The van der Waals surface area contributed by atoms with Gasteiger partial charge in [0.1, 0.15) is 0 Å². The van der Waals surface area contributed by atoms with E-state index in [0.29, 0.717) is 0 Å². The molecule has 0 heterocycles. The van der Waals surface area contributed by atoms with Gasteiger partial charge in [0.2, 0.25) is 15.9 Å². The molecule has 1 aromatic carbocycles. The Morgan fingerprint density at radius 3 is 2.57 bits per heavy atom. The molecule has 0 unspecified atom stereocenters. The van der Waals surface area contributed by atoms with E-state index in [2.05, 4.69) is 5.32 Å². The largest absolute Gasteiger partial charge is 0.353 e. The van der Waals surface area contributed by atoms with E-state index < -0.39 is 32.9 Å². The highest BCUT2D eigenvalue weighted by atomic mass is 32.2. The number of benzene rings is 1. The van der Waals surface area contributed by atoms with Crippen LogP contribution >= 0.6 is 0 Å². The van der Waals surface area contributed by atoms with E-state index in [9.17, 15) is 23.3 Å². The third-order valence-corrected chi connectivity index (χ3v) is 4.64. The van der Waals surface area contributed by atoms with Gasteiger partial charge in [0.25, 0.3) is 5.69 Å². The molecular formula is C13H20N4O5S. The smallest absolute Gasteiger partial charge is 0.270 e. The maximum atomic E-state index is 12.3. The van der Waals surface area contributed by atoms with Crippen LogP contribution in [0.2, 0.25) is 0 Å². The Morgan fingerprint density at radius 2 is 2.04 bits per heavy atom. The standard InChI is InChI=1S/C13H20N4O5S/c1-13(2,14)9-15-12(18)8-16(3)23(21,22)11-6-4-5-10(7-11)17(19)20/h4-7H,8-9,14H2,1-3H3,(H,15,18). The number of hydrogen-bond donors (Lipinski definition) is 2. The van der Waals surface area contributed by atoms with Gasteiger partial charge in [-0.1, -0.05) is 6.07 Å². The lowest BCUT2D eigenvalue weighted by Gasteiger charge is -2.21. The van der Waals surface area contributed by atoms with Crippen LogP contribution in [0.5, 0.6) is 0 Å². The molecule has 0 fully saturated rings. The topological polar surface area (TPSA) is 136 Å². The Balaban J connectivity index is 2.85. The van der Waals surface area contributed by atoms with Gasteiger partial charge in [0.05, 0.1) is 16.4 Å². The van der Waals surface area contributed by atoms with Crippen LogP contribution in [0.15, 0.2) is 29.2 Å². The number of nitro groups is 1. The first kappa shape index (κ1) is 19.0. The van der Waals surface area contributed by atoms with Gasteiger partial charge in [-0.3, -0.25) is 14.9 Å². The predicted molar refractivity (Wildman–Crippen MR) is 84.2 cm³/mol. The summed E-state index contributed by atoms with van der Waals surface area (Å²) in [6.45, 7) is 3.21. The summed E-state index contributed by atoms with van der Waals surface area (Å²) in [4.78, 5) is 21.6. The Bertz CT molecular complexity index is 697. The lowest BCUT2D eigenvalue weighted by atomic mass is 10.1. The maximum Gasteiger partial charge on any atom is 0.270 e. The maximum absolute atomic E-state index is 12.3. The molecule has 1 rings (SSSR count). The molecule has 0 saturated heterocycles. The quantitative estimate of drug-likeness (QED) is 0.530. The van der Waals surface area contributed by atoms with Crippen molar-refractivity contribution in [2.45, 2.75) is 24.3 Å². The number of hydrogen-bond acceptors (Lipinski definition) is 6. The van der Waals surface area contributed by atoms with Crippen LogP contribution < -0.4 is 11.1 Å². The molecule has 9 nitrogen and oxygen atoms in total. The van der Waals surface area contributed by atoms with E-state index in [1.54, 1.807) is 13.8 Å². The number of carbonyl (C=O) groups excluding carboxylic acids is 1. The zero-order chi connectivity index (χ0) is 17.8. The molecule has 0 aliphatic rings. The average molecular weight is 344 g/mol. The molecule has 0 saturated carbocycles. The minimum atomic E-state index is -4.01. The number of non-ortho nitro benzene ring substituents is 1. The van der Waals surface area contributed by atoms with E-state index >= 15 is 0 Å². The first-order chi connectivity index (χ1) is 10.4. The van der Waals surface area contributed by atoms with Crippen molar-refractivity contribution in [1.29, 1.82) is 0 Å². The number of sulfonamides is 1. The fourth-order valence-electron chi connectivity index (χ4n) is 1.61. The predicted octanol–water partition coefficient (Wildman–Crippen LogP) is 0.0688. The second-order valence-corrected chi connectivity index (χ2v) is 7.83. The number of carbonyl (C=O) groups is 1. The van der Waals surface area contributed by atoms with Crippen molar-refractivity contribution in [3.8, 4) is 0 Å². The molecule has 1 amide bonds. The number of likely N-dealkylation sites (N-methyl/N-ethyl adjacent to an activating group) is 1. The average Bonchev–Trinajstić information content (AvgIpc) is 2.44. The summed E-state index contributed by atoms with van der Waals surface area (Å²) in [7, 11) is -2.78. The Hall–Kier alpha value is -2.04. The first-order valence-electron chi connectivity index (χ1n) is 6.70. The van der Waals surface area contributed by atoms with E-state index in [0.717, 1.165) is 10.4 Å². The van der Waals surface area contributed by atoms with Crippen LogP contribution in [0, 0.1) is 10.1 Å². The summed E-state index contributed by atoms with van der Waals surface area (Å²) in [5.74, 6) is -0.514. The second-order valence-electron chi connectivity index (χ2n) is 5.78. The van der Waals surface area contributed by atoms with Crippen molar-refractivity contribution < 1.29 is 18.1 Å². The fourth-order valence-corrected chi connectivity index (χ4v) is 2.77. The van der Waals surface area contributed by atoms with Gasteiger partial charge in [0.15, 0.2) is 0 Å². The van der Waals surface area contributed by atoms with Crippen molar-refractivity contribution in [3.05, 3.63) is 34.4 Å². The second kappa shape index (κ2) is 7.02. The number of rotatable bonds is 7. The van der Waals surface area contributed by atoms with E-state index in [4.69, 9.17) is 5.73 Å². The molecule has 0 spiro atoms. The van der Waals surface area contributed by atoms with Crippen molar-refractivity contribution in [1.82, 2.24) is 9.62 Å². The van der Waals surface area contributed by atoms with Crippen molar-refractivity contribution in [2.24, 2.45) is 5.73 Å². The third-order valence-electron chi connectivity index (χ3n) is 2.84. The molecule has 1 aromatic rings. The van der Waals surface area contributed by atoms with Crippen molar-refractivity contribution in [3.63, 3.8) is 0 Å². The molecular weight excluding hydrogens is 324 g/mol. The molecule has 10 heteroatoms. The Morgan fingerprint density at radius 1 is 1.43 bits per heavy atom. The highest BCUT2D eigenvalue weighted by molar-refractivity contribution is 7.89. The fraction of sp³-hybridized carbons (Fsp3) is 0.462. The number of nitrogens with zero attached hydrogens (tertiary/aromatic N) is 2. The van der Waals surface area contributed by atoms with E-state index in [1.165, 1.54) is 25.2 Å². The summed E-state index contributed by atoms with van der Waals surface area (Å²) < 4.78 is 25.5. The molecule has 3 N–H and O–H groups in total. The summed E-state index contributed by atoms with van der Waals surface area (Å²) in [5, 5.41) is 13.3.